The van der Waals surface area contributed by atoms with Crippen molar-refractivity contribution in [3.8, 4) is 11.5 Å². The van der Waals surface area contributed by atoms with Crippen molar-refractivity contribution in [2.45, 2.75) is 20.8 Å². The maximum absolute atomic E-state index is 13.9. The minimum Gasteiger partial charge on any atom is -0.494 e. The number of ether oxygens (including phenoxy) is 2. The summed E-state index contributed by atoms with van der Waals surface area (Å²) in [5.41, 5.74) is 0.805. The van der Waals surface area contributed by atoms with Gasteiger partial charge in [0.25, 0.3) is 5.91 Å². The summed E-state index contributed by atoms with van der Waals surface area (Å²) in [6.45, 7) is 9.39. The molecule has 3 aromatic rings. The number of aromatic nitrogens is 1. The second-order valence-corrected chi connectivity index (χ2v) is 7.86. The SMILES string of the molecule is CCOc1ccc2nc(N(CCN(CC)CC)C(=O)COc3ccccc3F)sc2c1. The van der Waals surface area contributed by atoms with E-state index >= 15 is 0 Å². The van der Waals surface area contributed by atoms with Crippen LogP contribution < -0.4 is 14.4 Å². The van der Waals surface area contributed by atoms with Gasteiger partial charge in [-0.1, -0.05) is 37.3 Å². The predicted molar refractivity (Wildman–Crippen MR) is 123 cm³/mol. The fourth-order valence-electron chi connectivity index (χ4n) is 3.15. The number of benzene rings is 2. The summed E-state index contributed by atoms with van der Waals surface area (Å²) in [5.74, 6) is 0.0761. The molecule has 0 N–H and O–H groups in total. The highest BCUT2D eigenvalue weighted by Gasteiger charge is 2.21. The normalized spacial score (nSPS) is 11.1. The first kappa shape index (κ1) is 23.0. The molecule has 31 heavy (non-hydrogen) atoms. The van der Waals surface area contributed by atoms with Gasteiger partial charge in [-0.25, -0.2) is 9.37 Å². The van der Waals surface area contributed by atoms with Crippen LogP contribution in [-0.2, 0) is 4.79 Å². The lowest BCUT2D eigenvalue weighted by molar-refractivity contribution is -0.120. The van der Waals surface area contributed by atoms with E-state index in [1.807, 2.05) is 25.1 Å². The first-order chi connectivity index (χ1) is 15.0. The molecule has 166 valence electrons. The Morgan fingerprint density at radius 1 is 1.06 bits per heavy atom. The summed E-state index contributed by atoms with van der Waals surface area (Å²) in [7, 11) is 0. The summed E-state index contributed by atoms with van der Waals surface area (Å²) in [5, 5.41) is 0.595. The highest BCUT2D eigenvalue weighted by atomic mass is 32.1. The van der Waals surface area contributed by atoms with E-state index in [-0.39, 0.29) is 18.3 Å². The molecule has 0 unspecified atom stereocenters. The molecule has 1 aromatic heterocycles. The summed E-state index contributed by atoms with van der Waals surface area (Å²) < 4.78 is 25.8. The van der Waals surface area contributed by atoms with Crippen molar-refractivity contribution in [2.24, 2.45) is 0 Å². The van der Waals surface area contributed by atoms with Crippen LogP contribution in [0.15, 0.2) is 42.5 Å². The van der Waals surface area contributed by atoms with E-state index in [1.165, 1.54) is 23.5 Å². The minimum absolute atomic E-state index is 0.0604. The maximum Gasteiger partial charge on any atom is 0.266 e. The largest absolute Gasteiger partial charge is 0.494 e. The summed E-state index contributed by atoms with van der Waals surface area (Å²) in [6.07, 6.45) is 0. The maximum atomic E-state index is 13.9. The van der Waals surface area contributed by atoms with Gasteiger partial charge < -0.3 is 14.4 Å². The zero-order valence-electron chi connectivity index (χ0n) is 18.1. The molecule has 0 saturated carbocycles. The van der Waals surface area contributed by atoms with Crippen LogP contribution in [0.1, 0.15) is 20.8 Å². The van der Waals surface area contributed by atoms with Gasteiger partial charge in [-0.15, -0.1) is 0 Å². The smallest absolute Gasteiger partial charge is 0.266 e. The Labute approximate surface area is 186 Å². The predicted octanol–water partition coefficient (Wildman–Crippen LogP) is 4.59. The lowest BCUT2D eigenvalue weighted by Gasteiger charge is -2.24. The molecule has 2 aromatic carbocycles. The highest BCUT2D eigenvalue weighted by molar-refractivity contribution is 7.22. The first-order valence-corrected chi connectivity index (χ1v) is 11.3. The van der Waals surface area contributed by atoms with Gasteiger partial charge in [-0.2, -0.15) is 0 Å². The van der Waals surface area contributed by atoms with Gasteiger partial charge in [0.15, 0.2) is 23.3 Å². The third-order valence-corrected chi connectivity index (χ3v) is 5.95. The molecule has 0 bridgehead atoms. The molecular weight excluding hydrogens is 417 g/mol. The second-order valence-electron chi connectivity index (χ2n) is 6.85. The molecule has 0 spiro atoms. The second kappa shape index (κ2) is 11.1. The number of anilines is 1. The topological polar surface area (TPSA) is 54.9 Å². The van der Waals surface area contributed by atoms with Crippen LogP contribution in [-0.4, -0.2) is 55.2 Å². The fraction of sp³-hybridized carbons (Fsp3) is 0.391. The number of thiazole rings is 1. The van der Waals surface area contributed by atoms with E-state index in [4.69, 9.17) is 9.47 Å². The quantitative estimate of drug-likeness (QED) is 0.432. The molecule has 6 nitrogen and oxygen atoms in total. The Morgan fingerprint density at radius 2 is 1.84 bits per heavy atom. The summed E-state index contributed by atoms with van der Waals surface area (Å²) in [4.78, 5) is 21.6. The highest BCUT2D eigenvalue weighted by Crippen LogP contribution is 2.31. The van der Waals surface area contributed by atoms with Crippen LogP contribution in [0, 0.1) is 5.82 Å². The Morgan fingerprint density at radius 3 is 2.55 bits per heavy atom. The minimum atomic E-state index is -0.492. The number of carbonyl (C=O) groups excluding carboxylic acids is 1. The van der Waals surface area contributed by atoms with Crippen LogP contribution in [0.25, 0.3) is 10.2 Å². The van der Waals surface area contributed by atoms with Gasteiger partial charge in [0.2, 0.25) is 0 Å². The number of hydrogen-bond donors (Lipinski definition) is 0. The number of rotatable bonds is 11. The van der Waals surface area contributed by atoms with E-state index in [0.717, 1.165) is 29.1 Å². The average Bonchev–Trinajstić information content (AvgIpc) is 3.19. The van der Waals surface area contributed by atoms with Crippen molar-refractivity contribution in [3.63, 3.8) is 0 Å². The van der Waals surface area contributed by atoms with Crippen LogP contribution in [0.2, 0.25) is 0 Å². The van der Waals surface area contributed by atoms with Crippen LogP contribution in [0.3, 0.4) is 0 Å². The number of carbonyl (C=O) groups is 1. The van der Waals surface area contributed by atoms with Gasteiger partial charge in [0.1, 0.15) is 5.75 Å². The van der Waals surface area contributed by atoms with Gasteiger partial charge in [0.05, 0.1) is 16.8 Å². The van der Waals surface area contributed by atoms with Crippen molar-refractivity contribution in [2.75, 3.05) is 44.3 Å². The van der Waals surface area contributed by atoms with Crippen molar-refractivity contribution >= 4 is 32.6 Å². The van der Waals surface area contributed by atoms with Gasteiger partial charge in [-0.05, 0) is 50.3 Å². The van der Waals surface area contributed by atoms with Crippen LogP contribution in [0.4, 0.5) is 9.52 Å². The standard InChI is InChI=1S/C23H28FN3O3S/c1-4-26(5-2)13-14-27(22(28)16-30-20-10-8-7-9-18(20)24)23-25-19-12-11-17(29-6-3)15-21(19)31-23/h7-12,15H,4-6,13-14,16H2,1-3H3. The number of likely N-dealkylation sites (N-methyl/N-ethyl adjacent to an activating group) is 1. The van der Waals surface area contributed by atoms with Crippen molar-refractivity contribution in [1.29, 1.82) is 0 Å². The van der Waals surface area contributed by atoms with Crippen molar-refractivity contribution in [1.82, 2.24) is 9.88 Å². The zero-order valence-corrected chi connectivity index (χ0v) is 19.0. The average molecular weight is 446 g/mol. The number of hydrogen-bond acceptors (Lipinski definition) is 6. The monoisotopic (exact) mass is 445 g/mol. The molecule has 1 heterocycles. The Balaban J connectivity index is 1.82. The van der Waals surface area contributed by atoms with Crippen LogP contribution >= 0.6 is 11.3 Å². The Kier molecular flexibility index (Phi) is 8.20. The Hall–Kier alpha value is -2.71. The number of para-hydroxylation sites is 1. The molecule has 0 aliphatic carbocycles. The van der Waals surface area contributed by atoms with E-state index in [2.05, 4.69) is 23.7 Å². The molecule has 0 fully saturated rings. The Bertz CT molecular complexity index is 1010. The van der Waals surface area contributed by atoms with E-state index < -0.39 is 5.82 Å². The number of halogens is 1. The van der Waals surface area contributed by atoms with Gasteiger partial charge in [-0.3, -0.25) is 9.69 Å². The lowest BCUT2D eigenvalue weighted by atomic mass is 10.3. The third-order valence-electron chi connectivity index (χ3n) is 4.91. The van der Waals surface area contributed by atoms with Crippen molar-refractivity contribution in [3.05, 3.63) is 48.3 Å². The molecule has 8 heteroatoms. The molecule has 1 amide bonds. The number of nitrogens with zero attached hydrogens (tertiary/aromatic N) is 3. The molecule has 0 aliphatic rings. The lowest BCUT2D eigenvalue weighted by Crippen LogP contribution is -2.41. The van der Waals surface area contributed by atoms with Gasteiger partial charge >= 0.3 is 0 Å². The van der Waals surface area contributed by atoms with E-state index in [9.17, 15) is 9.18 Å². The number of fused-ring (bicyclic) bond motifs is 1. The summed E-state index contributed by atoms with van der Waals surface area (Å²) >= 11 is 1.43. The molecule has 0 radical (unpaired) electrons. The first-order valence-electron chi connectivity index (χ1n) is 10.5. The molecule has 0 atom stereocenters. The number of amides is 1. The molecule has 3 rings (SSSR count). The van der Waals surface area contributed by atoms with Crippen molar-refractivity contribution < 1.29 is 18.7 Å². The van der Waals surface area contributed by atoms with Gasteiger partial charge in [0, 0.05) is 13.1 Å². The molecule has 0 saturated heterocycles. The third kappa shape index (κ3) is 5.92. The van der Waals surface area contributed by atoms with E-state index in [0.29, 0.717) is 24.8 Å². The van der Waals surface area contributed by atoms with E-state index in [1.54, 1.807) is 17.0 Å². The zero-order chi connectivity index (χ0) is 22.2. The molecular formula is C23H28FN3O3S. The summed E-state index contributed by atoms with van der Waals surface area (Å²) in [6, 6.07) is 11.8. The van der Waals surface area contributed by atoms with Crippen LogP contribution in [0.5, 0.6) is 11.5 Å². The fourth-order valence-corrected chi connectivity index (χ4v) is 4.19. The molecule has 0 aliphatic heterocycles.